The van der Waals surface area contributed by atoms with Crippen LogP contribution in [0.2, 0.25) is 0 Å². The summed E-state index contributed by atoms with van der Waals surface area (Å²) in [5.74, 6) is 0. The molecule has 0 radical (unpaired) electrons. The van der Waals surface area contributed by atoms with Crippen LogP contribution < -0.4 is 15.9 Å². The van der Waals surface area contributed by atoms with E-state index in [4.69, 9.17) is 5.11 Å². The van der Waals surface area contributed by atoms with Crippen LogP contribution in [0.4, 0.5) is 0 Å². The molecule has 0 bridgehead atoms. The first-order valence-corrected chi connectivity index (χ1v) is 11.4. The summed E-state index contributed by atoms with van der Waals surface area (Å²) in [6.07, 6.45) is 4.29. The summed E-state index contributed by atoms with van der Waals surface area (Å²) in [6.45, 7) is 0.288. The molecule has 0 aliphatic carbocycles. The molecule has 0 aromatic heterocycles. The normalized spacial score (nSPS) is 12.0. The molecule has 0 fully saturated rings. The van der Waals surface area contributed by atoms with Crippen LogP contribution in [0, 0.1) is 0 Å². The fourth-order valence-corrected chi connectivity index (χ4v) is 8.71. The molecule has 0 spiro atoms. The van der Waals surface area contributed by atoms with Crippen molar-refractivity contribution in [2.75, 3.05) is 12.8 Å². The number of unbranched alkanes of at least 4 members (excludes halogenated alkanes) is 2. The third-order valence-electron chi connectivity index (χ3n) is 5.01. The topological polar surface area (TPSA) is 20.2 Å². The molecule has 1 N–H and O–H groups in total. The van der Waals surface area contributed by atoms with E-state index in [0.717, 1.165) is 19.3 Å². The summed E-state index contributed by atoms with van der Waals surface area (Å²) in [5, 5.41) is 13.6. The average molecular weight is 350 g/mol. The first-order chi connectivity index (χ1) is 12.4. The van der Waals surface area contributed by atoms with Gasteiger partial charge in [-0.25, -0.2) is 0 Å². The molecule has 0 heterocycles. The Labute approximate surface area is 151 Å². The number of rotatable bonds is 8. The molecule has 25 heavy (non-hydrogen) atoms. The van der Waals surface area contributed by atoms with Crippen LogP contribution in [0.25, 0.3) is 0 Å². The maximum atomic E-state index is 9.16. The van der Waals surface area contributed by atoms with Gasteiger partial charge in [-0.05, 0) is 0 Å². The van der Waals surface area contributed by atoms with Crippen LogP contribution in [-0.2, 0) is 0 Å². The fraction of sp³-hybridized carbons (Fsp3) is 0.217. The quantitative estimate of drug-likeness (QED) is 0.483. The van der Waals surface area contributed by atoms with E-state index < -0.39 is 7.26 Å². The van der Waals surface area contributed by atoms with Crippen molar-refractivity contribution in [1.82, 2.24) is 0 Å². The van der Waals surface area contributed by atoms with Gasteiger partial charge in [0.15, 0.2) is 0 Å². The van der Waals surface area contributed by atoms with E-state index in [1.165, 1.54) is 22.1 Å². The van der Waals surface area contributed by atoms with Gasteiger partial charge in [-0.1, -0.05) is 0 Å². The molecular formula is C23H27OP. The predicted molar refractivity (Wildman–Crippen MR) is 112 cm³/mol. The van der Waals surface area contributed by atoms with Crippen molar-refractivity contribution in [3.8, 4) is 0 Å². The van der Waals surface area contributed by atoms with Crippen LogP contribution in [0.1, 0.15) is 19.3 Å². The molecule has 3 rings (SSSR count). The number of hydrogen-bond acceptors (Lipinski definition) is 1. The third kappa shape index (κ3) is 4.00. The molecule has 0 saturated heterocycles. The van der Waals surface area contributed by atoms with Crippen molar-refractivity contribution in [3.05, 3.63) is 91.0 Å². The molecule has 0 unspecified atom stereocenters. The van der Waals surface area contributed by atoms with Crippen LogP contribution in [0.15, 0.2) is 91.0 Å². The Hall–Kier alpha value is -1.95. The zero-order valence-corrected chi connectivity index (χ0v) is 15.6. The Kier molecular flexibility index (Phi) is 6.39. The molecule has 0 aliphatic rings. The molecule has 1 nitrogen and oxygen atoms in total. The summed E-state index contributed by atoms with van der Waals surface area (Å²) in [4.78, 5) is 0. The van der Waals surface area contributed by atoms with Crippen LogP contribution in [-0.4, -0.2) is 17.9 Å². The van der Waals surface area contributed by atoms with E-state index in [1.54, 1.807) is 0 Å². The SMILES string of the molecule is OCCCCC[PH](c1ccccc1)(c1ccccc1)c1ccccc1. The molecule has 3 aromatic carbocycles. The van der Waals surface area contributed by atoms with E-state index in [9.17, 15) is 0 Å². The van der Waals surface area contributed by atoms with Crippen molar-refractivity contribution < 1.29 is 5.11 Å². The first-order valence-electron chi connectivity index (χ1n) is 9.15. The van der Waals surface area contributed by atoms with Crippen molar-refractivity contribution in [1.29, 1.82) is 0 Å². The second-order valence-corrected chi connectivity index (χ2v) is 10.6. The zero-order valence-electron chi connectivity index (χ0n) is 14.6. The van der Waals surface area contributed by atoms with Gasteiger partial charge in [0.05, 0.1) is 0 Å². The average Bonchev–Trinajstić information content (AvgIpc) is 2.70. The molecular weight excluding hydrogens is 323 g/mol. The van der Waals surface area contributed by atoms with Crippen molar-refractivity contribution in [3.63, 3.8) is 0 Å². The van der Waals surface area contributed by atoms with Gasteiger partial charge in [-0.3, -0.25) is 0 Å². The minimum absolute atomic E-state index is 0.288. The number of aliphatic hydroxyl groups is 1. The summed E-state index contributed by atoms with van der Waals surface area (Å²) < 4.78 is 0. The number of benzene rings is 3. The summed E-state index contributed by atoms with van der Waals surface area (Å²) in [6, 6.07) is 33.1. The van der Waals surface area contributed by atoms with Crippen LogP contribution in [0.5, 0.6) is 0 Å². The Morgan fingerprint density at radius 3 is 1.28 bits per heavy atom. The minimum atomic E-state index is -2.06. The van der Waals surface area contributed by atoms with Crippen LogP contribution in [0.3, 0.4) is 0 Å². The summed E-state index contributed by atoms with van der Waals surface area (Å²) in [7, 11) is -2.06. The third-order valence-corrected chi connectivity index (χ3v) is 10.1. The first kappa shape index (κ1) is 17.9. The number of aliphatic hydroxyl groups excluding tert-OH is 1. The van der Waals surface area contributed by atoms with E-state index in [0.29, 0.717) is 0 Å². The van der Waals surface area contributed by atoms with Crippen molar-refractivity contribution in [2.24, 2.45) is 0 Å². The molecule has 0 atom stereocenters. The van der Waals surface area contributed by atoms with Crippen molar-refractivity contribution >= 4 is 23.2 Å². The fourth-order valence-electron chi connectivity index (χ4n) is 3.78. The molecule has 130 valence electrons. The predicted octanol–water partition coefficient (Wildman–Crippen LogP) is 3.88. The van der Waals surface area contributed by atoms with E-state index in [1.807, 2.05) is 0 Å². The summed E-state index contributed by atoms with van der Waals surface area (Å²) >= 11 is 0. The van der Waals surface area contributed by atoms with Gasteiger partial charge in [-0.15, -0.1) is 0 Å². The Bertz CT molecular complexity index is 644. The van der Waals surface area contributed by atoms with Crippen molar-refractivity contribution in [2.45, 2.75) is 19.3 Å². The van der Waals surface area contributed by atoms with Gasteiger partial charge in [0.2, 0.25) is 0 Å². The van der Waals surface area contributed by atoms with Gasteiger partial charge in [0.1, 0.15) is 0 Å². The molecule has 0 aliphatic heterocycles. The molecule has 2 heteroatoms. The van der Waals surface area contributed by atoms with E-state index in [2.05, 4.69) is 91.0 Å². The molecule has 3 aromatic rings. The van der Waals surface area contributed by atoms with Gasteiger partial charge in [-0.2, -0.15) is 0 Å². The Morgan fingerprint density at radius 2 is 0.920 bits per heavy atom. The van der Waals surface area contributed by atoms with Gasteiger partial charge in [0, 0.05) is 0 Å². The number of hydrogen-bond donors (Lipinski definition) is 1. The van der Waals surface area contributed by atoms with E-state index in [-0.39, 0.29) is 6.61 Å². The monoisotopic (exact) mass is 350 g/mol. The second-order valence-electron chi connectivity index (χ2n) is 6.54. The van der Waals surface area contributed by atoms with Gasteiger partial charge in [0.25, 0.3) is 0 Å². The standard InChI is InChI=1S/C23H27OP/c24-19-11-4-12-20-25(21-13-5-1-6-14-21,22-15-7-2-8-16-22)23-17-9-3-10-18-23/h1-3,5-10,13-18,24-25H,4,11-12,19-20H2. The maximum absolute atomic E-state index is 9.16. The summed E-state index contributed by atoms with van der Waals surface area (Å²) in [5.41, 5.74) is 0. The van der Waals surface area contributed by atoms with Gasteiger partial charge < -0.3 is 0 Å². The second kappa shape index (κ2) is 8.94. The Morgan fingerprint density at radius 1 is 0.520 bits per heavy atom. The zero-order chi connectivity index (χ0) is 17.4. The van der Waals surface area contributed by atoms with Crippen LogP contribution >= 0.6 is 7.26 Å². The van der Waals surface area contributed by atoms with E-state index >= 15 is 0 Å². The molecule has 0 amide bonds. The molecule has 0 saturated carbocycles. The Balaban J connectivity index is 2.13. The van der Waals surface area contributed by atoms with Gasteiger partial charge >= 0.3 is 151 Å².